The Morgan fingerprint density at radius 2 is 1.15 bits per heavy atom. The van der Waals surface area contributed by atoms with Crippen molar-refractivity contribution in [1.82, 2.24) is 4.57 Å². The lowest BCUT2D eigenvalue weighted by atomic mass is 9.76. The largest absolute Gasteiger partial charge is 0.300 e. The molecule has 0 amide bonds. The number of rotatable bonds is 3. The van der Waals surface area contributed by atoms with Crippen LogP contribution in [0.1, 0.15) is 25.0 Å². The summed E-state index contributed by atoms with van der Waals surface area (Å²) in [4.78, 5) is 0. The molecule has 0 saturated heterocycles. The van der Waals surface area contributed by atoms with Gasteiger partial charge >= 0.3 is 0 Å². The van der Waals surface area contributed by atoms with Gasteiger partial charge in [-0.3, -0.25) is 0 Å². The number of fused-ring (bicyclic) bond motifs is 5. The Morgan fingerprint density at radius 1 is 0.513 bits per heavy atom. The maximum absolute atomic E-state index is 2.50. The smallest absolute Gasteiger partial charge is 0.104 e. The summed E-state index contributed by atoms with van der Waals surface area (Å²) in [6, 6.07) is 44.6. The SMILES string of the molecule is CC1(C)c2ccsc2-n2c3ccc(-c4cc(-c5ccccc5)cc(-c5ccccc5)c4)cc3c3cccc1c32. The average Bonchev–Trinajstić information content (AvgIpc) is 3.61. The van der Waals surface area contributed by atoms with Crippen molar-refractivity contribution in [2.24, 2.45) is 0 Å². The van der Waals surface area contributed by atoms with Crippen molar-refractivity contribution in [2.75, 3.05) is 0 Å². The van der Waals surface area contributed by atoms with E-state index in [0.29, 0.717) is 0 Å². The Hall–Kier alpha value is -4.40. The number of hydrogen-bond acceptors (Lipinski definition) is 1. The van der Waals surface area contributed by atoms with Crippen LogP contribution in [0.2, 0.25) is 0 Å². The highest BCUT2D eigenvalue weighted by molar-refractivity contribution is 7.12. The molecule has 2 heteroatoms. The summed E-state index contributed by atoms with van der Waals surface area (Å²) < 4.78 is 2.50. The van der Waals surface area contributed by atoms with E-state index in [0.717, 1.165) is 0 Å². The Morgan fingerprint density at radius 3 is 1.82 bits per heavy atom. The second-order valence-corrected chi connectivity index (χ2v) is 12.0. The van der Waals surface area contributed by atoms with Crippen molar-refractivity contribution < 1.29 is 0 Å². The summed E-state index contributed by atoms with van der Waals surface area (Å²) in [6.45, 7) is 4.72. The molecular weight excluding hydrogens is 490 g/mol. The van der Waals surface area contributed by atoms with Crippen LogP contribution < -0.4 is 0 Å². The summed E-state index contributed by atoms with van der Waals surface area (Å²) in [5, 5.41) is 6.24. The second-order valence-electron chi connectivity index (χ2n) is 11.1. The Labute approximate surface area is 232 Å². The molecule has 7 aromatic rings. The van der Waals surface area contributed by atoms with E-state index in [1.165, 1.54) is 71.3 Å². The van der Waals surface area contributed by atoms with Gasteiger partial charge in [-0.05, 0) is 86.3 Å². The molecule has 0 atom stereocenters. The van der Waals surface area contributed by atoms with Crippen LogP contribution in [0.4, 0.5) is 0 Å². The summed E-state index contributed by atoms with van der Waals surface area (Å²) in [7, 11) is 0. The normalized spacial score (nSPS) is 13.6. The first-order chi connectivity index (χ1) is 19.1. The van der Waals surface area contributed by atoms with Crippen LogP contribution in [-0.2, 0) is 5.41 Å². The van der Waals surface area contributed by atoms with Crippen molar-refractivity contribution in [3.63, 3.8) is 0 Å². The second kappa shape index (κ2) is 8.30. The first-order valence-corrected chi connectivity index (χ1v) is 14.4. The molecule has 3 heterocycles. The third-order valence-electron chi connectivity index (χ3n) is 8.46. The standard InChI is InChI=1S/C37H27NS/c1-37(2)32-15-9-14-30-31-23-26(16-17-34(31)38(35(30)32)36-33(37)18-19-39-36)29-21-27(24-10-5-3-6-11-24)20-28(22-29)25-12-7-4-8-13-25/h3-23H,1-2H3. The highest BCUT2D eigenvalue weighted by Gasteiger charge is 2.35. The van der Waals surface area contributed by atoms with Gasteiger partial charge in [-0.25, -0.2) is 0 Å². The summed E-state index contributed by atoms with van der Waals surface area (Å²) in [5.74, 6) is 0. The maximum atomic E-state index is 2.50. The fourth-order valence-electron chi connectivity index (χ4n) is 6.45. The first-order valence-electron chi connectivity index (χ1n) is 13.5. The minimum absolute atomic E-state index is 0.0172. The quantitative estimate of drug-likeness (QED) is 0.220. The van der Waals surface area contributed by atoms with Gasteiger partial charge in [-0.1, -0.05) is 98.8 Å². The monoisotopic (exact) mass is 517 g/mol. The van der Waals surface area contributed by atoms with E-state index in [-0.39, 0.29) is 5.41 Å². The van der Waals surface area contributed by atoms with Crippen molar-refractivity contribution in [3.8, 4) is 38.4 Å². The van der Waals surface area contributed by atoms with Crippen molar-refractivity contribution >= 4 is 33.1 Å². The molecule has 5 aromatic carbocycles. The molecule has 2 aromatic heterocycles. The van der Waals surface area contributed by atoms with Crippen LogP contribution in [-0.4, -0.2) is 4.57 Å². The van der Waals surface area contributed by atoms with Gasteiger partial charge in [-0.15, -0.1) is 11.3 Å². The topological polar surface area (TPSA) is 4.93 Å². The minimum atomic E-state index is -0.0172. The summed E-state index contributed by atoms with van der Waals surface area (Å²) >= 11 is 1.85. The molecule has 0 bridgehead atoms. The van der Waals surface area contributed by atoms with Gasteiger partial charge in [0.25, 0.3) is 0 Å². The van der Waals surface area contributed by atoms with E-state index in [1.807, 2.05) is 11.3 Å². The molecule has 0 fully saturated rings. The van der Waals surface area contributed by atoms with Crippen LogP contribution >= 0.6 is 11.3 Å². The van der Waals surface area contributed by atoms with Crippen molar-refractivity contribution in [2.45, 2.75) is 19.3 Å². The van der Waals surface area contributed by atoms with E-state index >= 15 is 0 Å². The molecule has 0 saturated carbocycles. The highest BCUT2D eigenvalue weighted by Crippen LogP contribution is 2.49. The predicted molar refractivity (Wildman–Crippen MR) is 167 cm³/mol. The Bertz CT molecular complexity index is 1970. The van der Waals surface area contributed by atoms with Crippen LogP contribution in [0, 0.1) is 0 Å². The molecular formula is C37H27NS. The zero-order chi connectivity index (χ0) is 26.1. The van der Waals surface area contributed by atoms with Crippen LogP contribution in [0.25, 0.3) is 60.2 Å². The third-order valence-corrected chi connectivity index (χ3v) is 9.36. The van der Waals surface area contributed by atoms with Gasteiger partial charge in [0.05, 0.1) is 11.0 Å². The molecule has 0 radical (unpaired) electrons. The lowest BCUT2D eigenvalue weighted by Crippen LogP contribution is -2.24. The van der Waals surface area contributed by atoms with Gasteiger partial charge in [0.15, 0.2) is 0 Å². The Balaban J connectivity index is 1.39. The lowest BCUT2D eigenvalue weighted by Gasteiger charge is -2.32. The van der Waals surface area contributed by atoms with E-state index in [2.05, 4.69) is 145 Å². The van der Waals surface area contributed by atoms with Crippen LogP contribution in [0.15, 0.2) is 127 Å². The zero-order valence-corrected chi connectivity index (χ0v) is 22.8. The van der Waals surface area contributed by atoms with Gasteiger partial charge < -0.3 is 4.57 Å². The van der Waals surface area contributed by atoms with E-state index in [4.69, 9.17) is 0 Å². The molecule has 0 spiro atoms. The molecule has 1 aliphatic rings. The van der Waals surface area contributed by atoms with E-state index in [1.54, 1.807) is 0 Å². The fraction of sp³-hybridized carbons (Fsp3) is 0.0811. The fourth-order valence-corrected chi connectivity index (χ4v) is 7.53. The molecule has 8 rings (SSSR count). The molecule has 1 nitrogen and oxygen atoms in total. The minimum Gasteiger partial charge on any atom is -0.300 e. The van der Waals surface area contributed by atoms with Gasteiger partial charge in [0.1, 0.15) is 5.00 Å². The van der Waals surface area contributed by atoms with Crippen molar-refractivity contribution in [1.29, 1.82) is 0 Å². The van der Waals surface area contributed by atoms with Gasteiger partial charge in [0.2, 0.25) is 0 Å². The molecule has 0 unspecified atom stereocenters. The van der Waals surface area contributed by atoms with E-state index < -0.39 is 0 Å². The molecule has 1 aliphatic heterocycles. The van der Waals surface area contributed by atoms with Gasteiger partial charge in [-0.2, -0.15) is 0 Å². The van der Waals surface area contributed by atoms with Crippen molar-refractivity contribution in [3.05, 3.63) is 138 Å². The summed E-state index contributed by atoms with van der Waals surface area (Å²) in [5.41, 5.74) is 12.9. The number of para-hydroxylation sites is 1. The average molecular weight is 518 g/mol. The summed E-state index contributed by atoms with van der Waals surface area (Å²) in [6.07, 6.45) is 0. The number of aromatic nitrogens is 1. The maximum Gasteiger partial charge on any atom is 0.104 e. The predicted octanol–water partition coefficient (Wildman–Crippen LogP) is 10.5. The molecule has 186 valence electrons. The number of nitrogens with zero attached hydrogens (tertiary/aromatic N) is 1. The van der Waals surface area contributed by atoms with Crippen LogP contribution in [0.3, 0.4) is 0 Å². The molecule has 0 N–H and O–H groups in total. The molecule has 0 aliphatic carbocycles. The van der Waals surface area contributed by atoms with Gasteiger partial charge in [0, 0.05) is 16.2 Å². The van der Waals surface area contributed by atoms with E-state index in [9.17, 15) is 0 Å². The lowest BCUT2D eigenvalue weighted by molar-refractivity contribution is 0.635. The van der Waals surface area contributed by atoms with Crippen LogP contribution in [0.5, 0.6) is 0 Å². The molecule has 39 heavy (non-hydrogen) atoms. The zero-order valence-electron chi connectivity index (χ0n) is 22.0. The Kier molecular flexibility index (Phi) is 4.80. The number of thiophene rings is 1. The number of hydrogen-bond donors (Lipinski definition) is 0. The highest BCUT2D eigenvalue weighted by atomic mass is 32.1. The number of benzene rings is 5. The third kappa shape index (κ3) is 3.32. The first kappa shape index (κ1) is 22.6.